The maximum atomic E-state index is 12.4. The molecule has 0 spiro atoms. The summed E-state index contributed by atoms with van der Waals surface area (Å²) in [7, 11) is 0. The van der Waals surface area contributed by atoms with Gasteiger partial charge in [-0.25, -0.2) is 4.98 Å². The molecular formula is C16H20ClN3OS. The average molecular weight is 338 g/mol. The molecule has 22 heavy (non-hydrogen) atoms. The zero-order valence-electron chi connectivity index (χ0n) is 12.6. The number of thiazole rings is 1. The highest BCUT2D eigenvalue weighted by Crippen LogP contribution is 2.14. The number of halogens is 1. The van der Waals surface area contributed by atoms with E-state index in [0.717, 1.165) is 49.0 Å². The Kier molecular flexibility index (Phi) is 5.94. The van der Waals surface area contributed by atoms with Gasteiger partial charge in [0.25, 0.3) is 5.91 Å². The zero-order chi connectivity index (χ0) is 14.7. The monoisotopic (exact) mass is 337 g/mol. The van der Waals surface area contributed by atoms with Crippen LogP contribution in [0.15, 0.2) is 35.7 Å². The van der Waals surface area contributed by atoms with E-state index in [9.17, 15) is 4.79 Å². The number of carbonyl (C=O) groups excluding carboxylic acids is 1. The van der Waals surface area contributed by atoms with Crippen LogP contribution in [0.4, 0.5) is 0 Å². The lowest BCUT2D eigenvalue weighted by atomic mass is 10.2. The van der Waals surface area contributed by atoms with E-state index in [1.807, 2.05) is 42.2 Å². The predicted octanol–water partition coefficient (Wildman–Crippen LogP) is 2.83. The molecule has 0 bridgehead atoms. The number of hydrogen-bond acceptors (Lipinski definition) is 4. The van der Waals surface area contributed by atoms with Crippen LogP contribution in [0.25, 0.3) is 0 Å². The van der Waals surface area contributed by atoms with Gasteiger partial charge in [-0.2, -0.15) is 0 Å². The van der Waals surface area contributed by atoms with E-state index >= 15 is 0 Å². The highest BCUT2D eigenvalue weighted by atomic mass is 35.5. The first-order chi connectivity index (χ1) is 10.2. The van der Waals surface area contributed by atoms with Crippen molar-refractivity contribution in [1.29, 1.82) is 0 Å². The van der Waals surface area contributed by atoms with Crippen molar-refractivity contribution in [3.8, 4) is 0 Å². The molecule has 0 radical (unpaired) electrons. The van der Waals surface area contributed by atoms with Gasteiger partial charge in [-0.1, -0.05) is 18.2 Å². The normalized spacial score (nSPS) is 15.4. The number of piperazine rings is 1. The van der Waals surface area contributed by atoms with Crippen LogP contribution in [0.2, 0.25) is 0 Å². The van der Waals surface area contributed by atoms with Gasteiger partial charge in [-0.05, 0) is 19.1 Å². The lowest BCUT2D eigenvalue weighted by Gasteiger charge is -2.34. The average Bonchev–Trinajstić information content (AvgIpc) is 2.93. The van der Waals surface area contributed by atoms with Crippen LogP contribution in [0, 0.1) is 6.92 Å². The molecule has 1 aromatic carbocycles. The standard InChI is InChI=1S/C16H19N3OS.ClH/c1-13-12-21-15(17-13)11-18-7-9-19(10-8-18)16(20)14-5-3-2-4-6-14;/h2-6,12H,7-11H2,1H3;1H. The number of carbonyl (C=O) groups is 1. The summed E-state index contributed by atoms with van der Waals surface area (Å²) in [5.74, 6) is 0.139. The van der Waals surface area contributed by atoms with Crippen molar-refractivity contribution in [2.75, 3.05) is 26.2 Å². The number of aromatic nitrogens is 1. The summed E-state index contributed by atoms with van der Waals surface area (Å²) < 4.78 is 0. The van der Waals surface area contributed by atoms with E-state index in [1.165, 1.54) is 0 Å². The first-order valence-electron chi connectivity index (χ1n) is 7.20. The summed E-state index contributed by atoms with van der Waals surface area (Å²) in [5.41, 5.74) is 1.87. The van der Waals surface area contributed by atoms with Crippen LogP contribution in [0.1, 0.15) is 21.1 Å². The Bertz CT molecular complexity index is 609. The molecule has 1 amide bonds. The molecule has 0 unspecified atom stereocenters. The Morgan fingerprint density at radius 2 is 1.86 bits per heavy atom. The molecule has 1 aromatic heterocycles. The van der Waals surface area contributed by atoms with E-state index in [-0.39, 0.29) is 18.3 Å². The Balaban J connectivity index is 0.00000176. The SMILES string of the molecule is Cc1csc(CN2CCN(C(=O)c3ccccc3)CC2)n1.Cl. The van der Waals surface area contributed by atoms with Gasteiger partial charge in [0, 0.05) is 42.8 Å². The minimum Gasteiger partial charge on any atom is -0.336 e. The molecule has 0 N–H and O–H groups in total. The molecular weight excluding hydrogens is 318 g/mol. The molecule has 2 heterocycles. The van der Waals surface area contributed by atoms with Gasteiger partial charge in [0.1, 0.15) is 5.01 Å². The van der Waals surface area contributed by atoms with Crippen molar-refractivity contribution in [3.63, 3.8) is 0 Å². The molecule has 1 saturated heterocycles. The highest BCUT2D eigenvalue weighted by Gasteiger charge is 2.22. The number of aryl methyl sites for hydroxylation is 1. The predicted molar refractivity (Wildman–Crippen MR) is 91.7 cm³/mol. The molecule has 1 aliphatic heterocycles. The van der Waals surface area contributed by atoms with Crippen LogP contribution >= 0.6 is 23.7 Å². The van der Waals surface area contributed by atoms with Crippen molar-refractivity contribution in [3.05, 3.63) is 52.0 Å². The first kappa shape index (κ1) is 16.9. The molecule has 2 aromatic rings. The maximum Gasteiger partial charge on any atom is 0.253 e. The maximum absolute atomic E-state index is 12.4. The Morgan fingerprint density at radius 1 is 1.18 bits per heavy atom. The Morgan fingerprint density at radius 3 is 2.45 bits per heavy atom. The topological polar surface area (TPSA) is 36.4 Å². The van der Waals surface area contributed by atoms with Crippen molar-refractivity contribution in [2.24, 2.45) is 0 Å². The summed E-state index contributed by atoms with van der Waals surface area (Å²) in [5, 5.41) is 3.25. The van der Waals surface area contributed by atoms with Crippen LogP contribution in [0.3, 0.4) is 0 Å². The van der Waals surface area contributed by atoms with Gasteiger partial charge in [0.05, 0.1) is 6.54 Å². The van der Waals surface area contributed by atoms with Gasteiger partial charge < -0.3 is 4.90 Å². The van der Waals surface area contributed by atoms with Crippen LogP contribution in [-0.2, 0) is 6.54 Å². The number of nitrogens with zero attached hydrogens (tertiary/aromatic N) is 3. The van der Waals surface area contributed by atoms with Crippen LogP contribution in [-0.4, -0.2) is 46.9 Å². The molecule has 0 aliphatic carbocycles. The van der Waals surface area contributed by atoms with E-state index in [1.54, 1.807) is 11.3 Å². The largest absolute Gasteiger partial charge is 0.336 e. The van der Waals surface area contributed by atoms with Crippen molar-refractivity contribution >= 4 is 29.7 Å². The third kappa shape index (κ3) is 4.06. The summed E-state index contributed by atoms with van der Waals surface area (Å²) in [6.45, 7) is 6.33. The fraction of sp³-hybridized carbons (Fsp3) is 0.375. The van der Waals surface area contributed by atoms with Crippen LogP contribution < -0.4 is 0 Å². The molecule has 1 aliphatic rings. The fourth-order valence-electron chi connectivity index (χ4n) is 2.54. The summed E-state index contributed by atoms with van der Waals surface area (Å²) in [4.78, 5) is 21.2. The molecule has 1 fully saturated rings. The molecule has 0 saturated carbocycles. The lowest BCUT2D eigenvalue weighted by molar-refractivity contribution is 0.0628. The lowest BCUT2D eigenvalue weighted by Crippen LogP contribution is -2.48. The van der Waals surface area contributed by atoms with Crippen molar-refractivity contribution in [2.45, 2.75) is 13.5 Å². The summed E-state index contributed by atoms with van der Waals surface area (Å²) in [6.07, 6.45) is 0. The van der Waals surface area contributed by atoms with Gasteiger partial charge >= 0.3 is 0 Å². The van der Waals surface area contributed by atoms with Gasteiger partial charge in [0.15, 0.2) is 0 Å². The molecule has 6 heteroatoms. The summed E-state index contributed by atoms with van der Waals surface area (Å²) >= 11 is 1.71. The van der Waals surface area contributed by atoms with E-state index < -0.39 is 0 Å². The zero-order valence-corrected chi connectivity index (χ0v) is 14.2. The van der Waals surface area contributed by atoms with Gasteiger partial charge in [0.2, 0.25) is 0 Å². The highest BCUT2D eigenvalue weighted by molar-refractivity contribution is 7.09. The molecule has 4 nitrogen and oxygen atoms in total. The van der Waals surface area contributed by atoms with E-state index in [0.29, 0.717) is 0 Å². The molecule has 0 atom stereocenters. The van der Waals surface area contributed by atoms with Crippen LogP contribution in [0.5, 0.6) is 0 Å². The smallest absolute Gasteiger partial charge is 0.253 e. The molecule has 3 rings (SSSR count). The number of rotatable bonds is 3. The Labute approximate surface area is 141 Å². The Hall–Kier alpha value is -1.43. The fourth-order valence-corrected chi connectivity index (χ4v) is 3.35. The summed E-state index contributed by atoms with van der Waals surface area (Å²) in [6, 6.07) is 9.52. The van der Waals surface area contributed by atoms with Gasteiger partial charge in [-0.3, -0.25) is 9.69 Å². The minimum absolute atomic E-state index is 0. The van der Waals surface area contributed by atoms with E-state index in [4.69, 9.17) is 0 Å². The van der Waals surface area contributed by atoms with Crippen molar-refractivity contribution in [1.82, 2.24) is 14.8 Å². The first-order valence-corrected chi connectivity index (χ1v) is 8.08. The quantitative estimate of drug-likeness (QED) is 0.864. The number of amides is 1. The third-order valence-electron chi connectivity index (χ3n) is 3.71. The van der Waals surface area contributed by atoms with Gasteiger partial charge in [-0.15, -0.1) is 23.7 Å². The minimum atomic E-state index is 0. The third-order valence-corrected chi connectivity index (χ3v) is 4.66. The molecule has 118 valence electrons. The number of benzene rings is 1. The second kappa shape index (κ2) is 7.72. The van der Waals surface area contributed by atoms with E-state index in [2.05, 4.69) is 15.3 Å². The second-order valence-electron chi connectivity index (χ2n) is 5.32. The van der Waals surface area contributed by atoms with Crippen molar-refractivity contribution < 1.29 is 4.79 Å². The second-order valence-corrected chi connectivity index (χ2v) is 6.26. The number of hydrogen-bond donors (Lipinski definition) is 0.